The lowest BCUT2D eigenvalue weighted by Crippen LogP contribution is -2.39. The highest BCUT2D eigenvalue weighted by Crippen LogP contribution is 2.52. The maximum Gasteiger partial charge on any atom is 0.253 e. The van der Waals surface area contributed by atoms with Gasteiger partial charge < -0.3 is 16.0 Å². The lowest BCUT2D eigenvalue weighted by Gasteiger charge is -2.23. The number of nitrogens with one attached hydrogen (secondary N) is 2. The van der Waals surface area contributed by atoms with E-state index < -0.39 is 0 Å². The summed E-state index contributed by atoms with van der Waals surface area (Å²) in [4.78, 5) is 21.2. The molecular formula is C27H30N4O. The first-order valence-electron chi connectivity index (χ1n) is 11.7. The van der Waals surface area contributed by atoms with E-state index in [-0.39, 0.29) is 16.9 Å². The molecule has 4 N–H and O–H groups in total. The molecule has 3 heterocycles. The minimum atomic E-state index is -0.151. The second kappa shape index (κ2) is 6.79. The Labute approximate surface area is 188 Å². The summed E-state index contributed by atoms with van der Waals surface area (Å²) < 4.78 is 0. The van der Waals surface area contributed by atoms with Crippen LogP contribution in [0.5, 0.6) is 0 Å². The van der Waals surface area contributed by atoms with Crippen molar-refractivity contribution in [3.8, 4) is 22.5 Å². The Balaban J connectivity index is 1.35. The lowest BCUT2D eigenvalue weighted by molar-refractivity contribution is 0.0936. The molecule has 5 nitrogen and oxygen atoms in total. The molecule has 1 amide bonds. The van der Waals surface area contributed by atoms with Crippen LogP contribution < -0.4 is 11.1 Å². The number of carbonyl (C=O) groups is 1. The van der Waals surface area contributed by atoms with E-state index in [1.54, 1.807) is 0 Å². The molecule has 1 spiro atoms. The zero-order chi connectivity index (χ0) is 22.1. The molecule has 6 rings (SSSR count). The number of aromatic nitrogens is 2. The molecule has 0 saturated heterocycles. The summed E-state index contributed by atoms with van der Waals surface area (Å²) in [6, 6.07) is 10.9. The van der Waals surface area contributed by atoms with Gasteiger partial charge in [0.2, 0.25) is 0 Å². The van der Waals surface area contributed by atoms with Crippen LogP contribution in [0.25, 0.3) is 22.5 Å². The summed E-state index contributed by atoms with van der Waals surface area (Å²) in [5.74, 6) is 0.0870. The Kier molecular flexibility index (Phi) is 4.19. The number of nitrogens with two attached hydrogens (primary N) is 1. The Morgan fingerprint density at radius 2 is 1.94 bits per heavy atom. The van der Waals surface area contributed by atoms with E-state index >= 15 is 0 Å². The molecule has 0 atom stereocenters. The number of hydrogen-bond donors (Lipinski definition) is 3. The number of nitrogens with zero attached hydrogens (tertiary/aromatic N) is 1. The van der Waals surface area contributed by atoms with Gasteiger partial charge in [-0.05, 0) is 75.1 Å². The molecule has 0 unspecified atom stereocenters. The van der Waals surface area contributed by atoms with Crippen molar-refractivity contribution >= 4 is 5.91 Å². The predicted octanol–water partition coefficient (Wildman–Crippen LogP) is 4.29. The third-order valence-corrected chi connectivity index (χ3v) is 7.51. The Morgan fingerprint density at radius 1 is 1.16 bits per heavy atom. The number of aromatic amines is 1. The molecule has 3 aliphatic rings. The third-order valence-electron chi connectivity index (χ3n) is 7.51. The van der Waals surface area contributed by atoms with Crippen LogP contribution in [0.3, 0.4) is 0 Å². The van der Waals surface area contributed by atoms with E-state index in [4.69, 9.17) is 10.7 Å². The Hall–Kier alpha value is -2.92. The van der Waals surface area contributed by atoms with Gasteiger partial charge in [-0.2, -0.15) is 0 Å². The number of hydrogen-bond acceptors (Lipinski definition) is 3. The van der Waals surface area contributed by atoms with E-state index in [0.717, 1.165) is 67.6 Å². The van der Waals surface area contributed by atoms with Crippen LogP contribution in [-0.2, 0) is 24.7 Å². The largest absolute Gasteiger partial charge is 0.357 e. The Bertz CT molecular complexity index is 1230. The number of amides is 1. The normalized spacial score (nSPS) is 18.0. The molecule has 1 aromatic carbocycles. The summed E-state index contributed by atoms with van der Waals surface area (Å²) in [5.41, 5.74) is 16.4. The first-order valence-corrected chi connectivity index (χ1v) is 11.7. The van der Waals surface area contributed by atoms with Gasteiger partial charge >= 0.3 is 0 Å². The van der Waals surface area contributed by atoms with Crippen LogP contribution in [0, 0.1) is 0 Å². The number of fused-ring (bicyclic) bond motifs is 6. The van der Waals surface area contributed by atoms with E-state index in [2.05, 4.69) is 54.5 Å². The molecule has 1 saturated carbocycles. The highest BCUT2D eigenvalue weighted by molar-refractivity contribution is 6.01. The fourth-order valence-corrected chi connectivity index (χ4v) is 5.31. The van der Waals surface area contributed by atoms with Crippen molar-refractivity contribution in [2.24, 2.45) is 5.73 Å². The van der Waals surface area contributed by atoms with Gasteiger partial charge in [-0.25, -0.2) is 0 Å². The number of rotatable bonds is 4. The average Bonchev–Trinajstić information content (AvgIpc) is 3.44. The topological polar surface area (TPSA) is 83.8 Å². The number of aryl methyl sites for hydroxylation is 2. The molecule has 2 aliphatic carbocycles. The maximum atomic E-state index is 12.7. The highest BCUT2D eigenvalue weighted by atomic mass is 16.1. The van der Waals surface area contributed by atoms with Crippen molar-refractivity contribution < 1.29 is 4.79 Å². The first-order chi connectivity index (χ1) is 15.3. The van der Waals surface area contributed by atoms with Crippen molar-refractivity contribution in [2.45, 2.75) is 63.3 Å². The van der Waals surface area contributed by atoms with Crippen molar-refractivity contribution in [3.63, 3.8) is 0 Å². The van der Waals surface area contributed by atoms with Crippen molar-refractivity contribution in [1.29, 1.82) is 0 Å². The van der Waals surface area contributed by atoms with E-state index in [9.17, 15) is 4.79 Å². The van der Waals surface area contributed by atoms with Crippen molar-refractivity contribution in [3.05, 3.63) is 64.5 Å². The summed E-state index contributed by atoms with van der Waals surface area (Å²) in [7, 11) is 0. The number of carbonyl (C=O) groups excluding carboxylic acids is 1. The number of pyridine rings is 1. The second-order valence-corrected chi connectivity index (χ2v) is 10.6. The monoisotopic (exact) mass is 426 g/mol. The van der Waals surface area contributed by atoms with Gasteiger partial charge in [-0.1, -0.05) is 24.3 Å². The molecule has 5 heteroatoms. The van der Waals surface area contributed by atoms with Crippen LogP contribution in [-0.4, -0.2) is 28.0 Å². The second-order valence-electron chi connectivity index (χ2n) is 10.6. The van der Waals surface area contributed by atoms with Gasteiger partial charge in [-0.15, -0.1) is 0 Å². The molecule has 1 aliphatic heterocycles. The summed E-state index contributed by atoms with van der Waals surface area (Å²) in [5, 5.41) is 3.13. The minimum Gasteiger partial charge on any atom is -0.357 e. The van der Waals surface area contributed by atoms with Gasteiger partial charge in [0.25, 0.3) is 5.91 Å². The van der Waals surface area contributed by atoms with E-state index in [1.807, 2.05) is 6.20 Å². The molecule has 32 heavy (non-hydrogen) atoms. The molecular weight excluding hydrogens is 396 g/mol. The summed E-state index contributed by atoms with van der Waals surface area (Å²) in [6.07, 6.45) is 8.08. The molecule has 2 aromatic heterocycles. The van der Waals surface area contributed by atoms with Gasteiger partial charge in [0.1, 0.15) is 0 Å². The molecule has 3 aromatic rings. The quantitative estimate of drug-likeness (QED) is 0.582. The Morgan fingerprint density at radius 3 is 2.66 bits per heavy atom. The van der Waals surface area contributed by atoms with Crippen LogP contribution in [0.4, 0.5) is 0 Å². The van der Waals surface area contributed by atoms with Gasteiger partial charge in [0.05, 0.1) is 17.0 Å². The van der Waals surface area contributed by atoms with Crippen LogP contribution >= 0.6 is 0 Å². The SMILES string of the molecule is CC(C)(N)CCc1ccc(-c2cc3c(cn2)CCc2c-3[nH]c3c2C(=O)NCC32CC2)cc1. The number of benzene rings is 1. The standard InChI is InChI=1S/C27H30N4O/c1-26(2,28)10-9-16-3-5-17(6-4-16)21-13-20-18(14-29-21)7-8-19-22-24(31-23(19)20)27(11-12-27)15-30-25(22)32/h3-6,13-14,31H,7-12,15,28H2,1-2H3,(H,30,32). The van der Waals surface area contributed by atoms with Crippen LogP contribution in [0.2, 0.25) is 0 Å². The van der Waals surface area contributed by atoms with Crippen LogP contribution in [0.1, 0.15) is 65.9 Å². The summed E-state index contributed by atoms with van der Waals surface area (Å²) in [6.45, 7) is 4.90. The lowest BCUT2D eigenvalue weighted by atomic mass is 9.86. The first kappa shape index (κ1) is 19.7. The number of H-pyrrole nitrogens is 1. The molecule has 1 fully saturated rings. The highest BCUT2D eigenvalue weighted by Gasteiger charge is 2.51. The van der Waals surface area contributed by atoms with Crippen LogP contribution in [0.15, 0.2) is 36.5 Å². The van der Waals surface area contributed by atoms with Crippen molar-refractivity contribution in [1.82, 2.24) is 15.3 Å². The predicted molar refractivity (Wildman–Crippen MR) is 127 cm³/mol. The fraction of sp³-hybridized carbons (Fsp3) is 0.407. The summed E-state index contributed by atoms with van der Waals surface area (Å²) >= 11 is 0. The van der Waals surface area contributed by atoms with Crippen molar-refractivity contribution in [2.75, 3.05) is 6.54 Å². The smallest absolute Gasteiger partial charge is 0.253 e. The zero-order valence-electron chi connectivity index (χ0n) is 18.8. The average molecular weight is 427 g/mol. The molecule has 0 radical (unpaired) electrons. The van der Waals surface area contributed by atoms with E-state index in [0.29, 0.717) is 0 Å². The molecule has 0 bridgehead atoms. The van der Waals surface area contributed by atoms with Gasteiger partial charge in [0, 0.05) is 40.5 Å². The maximum absolute atomic E-state index is 12.7. The zero-order valence-corrected chi connectivity index (χ0v) is 18.8. The minimum absolute atomic E-state index is 0.0870. The van der Waals surface area contributed by atoms with E-state index in [1.165, 1.54) is 27.9 Å². The molecule has 164 valence electrons. The third kappa shape index (κ3) is 3.18. The fourth-order valence-electron chi connectivity index (χ4n) is 5.31. The van der Waals surface area contributed by atoms with Gasteiger partial charge in [0.15, 0.2) is 0 Å². The van der Waals surface area contributed by atoms with Gasteiger partial charge in [-0.3, -0.25) is 9.78 Å².